The predicted molar refractivity (Wildman–Crippen MR) is 69.1 cm³/mol. The van der Waals surface area contributed by atoms with Crippen LogP contribution in [0.15, 0.2) is 18.2 Å². The van der Waals surface area contributed by atoms with Gasteiger partial charge >= 0.3 is 0 Å². The van der Waals surface area contributed by atoms with Crippen LogP contribution in [0.1, 0.15) is 35.3 Å². The van der Waals surface area contributed by atoms with Gasteiger partial charge in [-0.2, -0.15) is 0 Å². The molecule has 1 unspecified atom stereocenters. The van der Waals surface area contributed by atoms with Gasteiger partial charge in [-0.05, 0) is 31.4 Å². The smallest absolute Gasteiger partial charge is 0.251 e. The summed E-state index contributed by atoms with van der Waals surface area (Å²) in [6.07, 6.45) is 0. The van der Waals surface area contributed by atoms with Crippen molar-refractivity contribution in [1.82, 2.24) is 5.32 Å². The Labute approximate surface area is 103 Å². The van der Waals surface area contributed by atoms with Gasteiger partial charge in [-0.1, -0.05) is 31.5 Å². The van der Waals surface area contributed by atoms with Crippen molar-refractivity contribution in [3.63, 3.8) is 0 Å². The van der Waals surface area contributed by atoms with Gasteiger partial charge in [0.25, 0.3) is 5.91 Å². The second kappa shape index (κ2) is 5.82. The summed E-state index contributed by atoms with van der Waals surface area (Å²) in [5.41, 5.74) is 2.78. The van der Waals surface area contributed by atoms with Crippen LogP contribution in [0.5, 0.6) is 0 Å². The molecule has 0 bridgehead atoms. The molecule has 1 aromatic carbocycles. The Bertz CT molecular complexity index is 399. The molecule has 94 valence electrons. The molecule has 0 aliphatic carbocycles. The maximum Gasteiger partial charge on any atom is 0.251 e. The molecule has 0 aromatic heterocycles. The highest BCUT2D eigenvalue weighted by molar-refractivity contribution is 5.95. The van der Waals surface area contributed by atoms with E-state index in [0.29, 0.717) is 5.56 Å². The minimum absolute atomic E-state index is 0.0334. The fourth-order valence-electron chi connectivity index (χ4n) is 1.74. The fourth-order valence-corrected chi connectivity index (χ4v) is 1.74. The van der Waals surface area contributed by atoms with Crippen LogP contribution in [0.3, 0.4) is 0 Å². The quantitative estimate of drug-likeness (QED) is 0.839. The minimum Gasteiger partial charge on any atom is -0.394 e. The monoisotopic (exact) mass is 235 g/mol. The number of carbonyl (C=O) groups is 1. The highest BCUT2D eigenvalue weighted by atomic mass is 16.3. The van der Waals surface area contributed by atoms with Gasteiger partial charge in [0.1, 0.15) is 0 Å². The largest absolute Gasteiger partial charge is 0.394 e. The average Bonchev–Trinajstić information content (AvgIpc) is 2.24. The maximum atomic E-state index is 12.0. The zero-order chi connectivity index (χ0) is 13.0. The van der Waals surface area contributed by atoms with Crippen LogP contribution in [-0.2, 0) is 0 Å². The molecule has 2 N–H and O–H groups in total. The van der Waals surface area contributed by atoms with Crippen molar-refractivity contribution < 1.29 is 9.90 Å². The van der Waals surface area contributed by atoms with Crippen LogP contribution in [-0.4, -0.2) is 23.7 Å². The fraction of sp³-hybridized carbons (Fsp3) is 0.500. The molecule has 0 fully saturated rings. The molecule has 0 heterocycles. The highest BCUT2D eigenvalue weighted by Gasteiger charge is 2.17. The molecule has 0 saturated carbocycles. The van der Waals surface area contributed by atoms with Gasteiger partial charge in [0.2, 0.25) is 0 Å². The standard InChI is InChI=1S/C14H21NO2/c1-9(2)13(8-16)15-14(17)12-6-5-10(3)7-11(12)4/h5-7,9,13,16H,8H2,1-4H3,(H,15,17). The lowest BCUT2D eigenvalue weighted by molar-refractivity contribution is 0.0896. The van der Waals surface area contributed by atoms with Crippen molar-refractivity contribution in [2.24, 2.45) is 5.92 Å². The molecule has 17 heavy (non-hydrogen) atoms. The van der Waals surface area contributed by atoms with Crippen LogP contribution >= 0.6 is 0 Å². The summed E-state index contributed by atoms with van der Waals surface area (Å²) >= 11 is 0. The Morgan fingerprint density at radius 1 is 1.35 bits per heavy atom. The average molecular weight is 235 g/mol. The normalized spacial score (nSPS) is 12.6. The van der Waals surface area contributed by atoms with Crippen LogP contribution in [0.2, 0.25) is 0 Å². The van der Waals surface area contributed by atoms with Crippen LogP contribution in [0, 0.1) is 19.8 Å². The number of benzene rings is 1. The summed E-state index contributed by atoms with van der Waals surface area (Å²) in [6, 6.07) is 5.54. The summed E-state index contributed by atoms with van der Waals surface area (Å²) in [5, 5.41) is 12.0. The Balaban J connectivity index is 2.82. The first-order chi connectivity index (χ1) is 7.95. The molecule has 1 rings (SSSR count). The molecule has 1 aromatic rings. The Morgan fingerprint density at radius 3 is 2.47 bits per heavy atom. The molecule has 0 saturated heterocycles. The molecule has 0 aliphatic heterocycles. The summed E-state index contributed by atoms with van der Waals surface area (Å²) in [6.45, 7) is 7.84. The van der Waals surface area contributed by atoms with Crippen molar-refractivity contribution in [1.29, 1.82) is 0 Å². The van der Waals surface area contributed by atoms with E-state index < -0.39 is 0 Å². The molecule has 0 spiro atoms. The summed E-state index contributed by atoms with van der Waals surface area (Å²) in [7, 11) is 0. The highest BCUT2D eigenvalue weighted by Crippen LogP contribution is 2.11. The third-order valence-corrected chi connectivity index (χ3v) is 2.94. The van der Waals surface area contributed by atoms with E-state index in [0.717, 1.165) is 11.1 Å². The van der Waals surface area contributed by atoms with E-state index in [-0.39, 0.29) is 24.5 Å². The molecule has 0 aliphatic rings. The molecule has 1 atom stereocenters. The van der Waals surface area contributed by atoms with E-state index >= 15 is 0 Å². The van der Waals surface area contributed by atoms with Crippen LogP contribution < -0.4 is 5.32 Å². The SMILES string of the molecule is Cc1ccc(C(=O)NC(CO)C(C)C)c(C)c1. The topological polar surface area (TPSA) is 49.3 Å². The number of aliphatic hydroxyl groups excluding tert-OH is 1. The zero-order valence-electron chi connectivity index (χ0n) is 10.9. The van der Waals surface area contributed by atoms with Gasteiger partial charge in [-0.3, -0.25) is 4.79 Å². The first-order valence-corrected chi connectivity index (χ1v) is 5.94. The van der Waals surface area contributed by atoms with E-state index in [1.807, 2.05) is 45.9 Å². The van der Waals surface area contributed by atoms with E-state index in [2.05, 4.69) is 5.32 Å². The van der Waals surface area contributed by atoms with E-state index in [4.69, 9.17) is 0 Å². The van der Waals surface area contributed by atoms with Crippen molar-refractivity contribution in [3.8, 4) is 0 Å². The Morgan fingerprint density at radius 2 is 2.00 bits per heavy atom. The molecular weight excluding hydrogens is 214 g/mol. The third-order valence-electron chi connectivity index (χ3n) is 2.94. The van der Waals surface area contributed by atoms with Crippen molar-refractivity contribution in [3.05, 3.63) is 34.9 Å². The van der Waals surface area contributed by atoms with Crippen molar-refractivity contribution in [2.75, 3.05) is 6.61 Å². The molecule has 3 nitrogen and oxygen atoms in total. The molecule has 1 amide bonds. The second-order valence-electron chi connectivity index (χ2n) is 4.82. The van der Waals surface area contributed by atoms with Gasteiger partial charge in [-0.15, -0.1) is 0 Å². The van der Waals surface area contributed by atoms with Gasteiger partial charge in [0.05, 0.1) is 12.6 Å². The minimum atomic E-state index is -0.191. The lowest BCUT2D eigenvalue weighted by atomic mass is 10.0. The Hall–Kier alpha value is -1.35. The van der Waals surface area contributed by atoms with Crippen molar-refractivity contribution >= 4 is 5.91 Å². The first-order valence-electron chi connectivity index (χ1n) is 5.94. The van der Waals surface area contributed by atoms with E-state index in [1.165, 1.54) is 0 Å². The predicted octanol–water partition coefficient (Wildman–Crippen LogP) is 2.05. The summed E-state index contributed by atoms with van der Waals surface area (Å²) in [4.78, 5) is 12.0. The molecule has 0 radical (unpaired) electrons. The lowest BCUT2D eigenvalue weighted by Crippen LogP contribution is -2.41. The third kappa shape index (κ3) is 3.56. The number of aliphatic hydroxyl groups is 1. The lowest BCUT2D eigenvalue weighted by Gasteiger charge is -2.20. The van der Waals surface area contributed by atoms with Crippen molar-refractivity contribution in [2.45, 2.75) is 33.7 Å². The van der Waals surface area contributed by atoms with Gasteiger partial charge in [-0.25, -0.2) is 0 Å². The summed E-state index contributed by atoms with van der Waals surface area (Å²) in [5.74, 6) is 0.102. The number of nitrogens with one attached hydrogen (secondary N) is 1. The Kier molecular flexibility index (Phi) is 4.70. The first kappa shape index (κ1) is 13.7. The number of amides is 1. The number of hydrogen-bond acceptors (Lipinski definition) is 2. The number of rotatable bonds is 4. The summed E-state index contributed by atoms with van der Waals surface area (Å²) < 4.78 is 0. The molecule has 3 heteroatoms. The maximum absolute atomic E-state index is 12.0. The van der Waals surface area contributed by atoms with Gasteiger partial charge < -0.3 is 10.4 Å². The number of hydrogen-bond donors (Lipinski definition) is 2. The molecular formula is C14H21NO2. The van der Waals surface area contributed by atoms with E-state index in [1.54, 1.807) is 0 Å². The second-order valence-corrected chi connectivity index (χ2v) is 4.82. The van der Waals surface area contributed by atoms with Gasteiger partial charge in [0, 0.05) is 5.56 Å². The van der Waals surface area contributed by atoms with Crippen LogP contribution in [0.25, 0.3) is 0 Å². The number of aryl methyl sites for hydroxylation is 2. The van der Waals surface area contributed by atoms with Gasteiger partial charge in [0.15, 0.2) is 0 Å². The number of carbonyl (C=O) groups excluding carboxylic acids is 1. The zero-order valence-corrected chi connectivity index (χ0v) is 10.9. The van der Waals surface area contributed by atoms with Crippen LogP contribution in [0.4, 0.5) is 0 Å². The van der Waals surface area contributed by atoms with E-state index in [9.17, 15) is 9.90 Å².